The van der Waals surface area contributed by atoms with Crippen LogP contribution in [0.1, 0.15) is 167 Å². The van der Waals surface area contributed by atoms with Gasteiger partial charge in [-0.15, -0.1) is 0 Å². The first-order chi connectivity index (χ1) is 31.5. The minimum atomic E-state index is -0.220. The second kappa shape index (κ2) is 32.2. The van der Waals surface area contributed by atoms with Gasteiger partial charge in [0, 0.05) is 50.7 Å². The lowest BCUT2D eigenvalue weighted by Crippen LogP contribution is -2.46. The number of fused-ring (bicyclic) bond motifs is 1. The molecule has 10 heteroatoms. The maximum absolute atomic E-state index is 12.4. The standard InChI is InChI=1S/C27H52N4O.C24H19N3O2.2C2H6/c1-6-7-8-9-10-11-12-13-14-15-16-17-18-19-21-31(4,5)22-20-29-27(32)26-23-25(28-2)24-30(26)3;1-27-15-21(13-22(27)16-28)26-24(29)19-10-8-17(9-11-19)6-7-18-12-20-4-2-3-5-23(20)25-14-18;2*1-2/h23-24,28H,6-22H2,1-5H3;2-16H,1H3,(H,26,29);2*1-2H3/p+1/b;7-6+;;. The number of pyridine rings is 1. The Morgan fingerprint density at radius 3 is 1.80 bits per heavy atom. The number of nitrogens with one attached hydrogen (secondary N) is 3. The molecule has 10 nitrogen and oxygen atoms in total. The molecule has 0 radical (unpaired) electrons. The first-order valence-electron chi connectivity index (χ1n) is 24.5. The highest BCUT2D eigenvalue weighted by Crippen LogP contribution is 2.18. The average Bonchev–Trinajstić information content (AvgIpc) is 3.89. The van der Waals surface area contributed by atoms with Crippen LogP contribution in [0.2, 0.25) is 0 Å². The van der Waals surface area contributed by atoms with Crippen LogP contribution < -0.4 is 16.0 Å². The topological polar surface area (TPSA) is 110 Å². The number of hydrogen-bond donors (Lipinski definition) is 3. The van der Waals surface area contributed by atoms with Crippen LogP contribution in [0.5, 0.6) is 0 Å². The number of benzene rings is 2. The third-order valence-electron chi connectivity index (χ3n) is 11.3. The molecule has 2 amide bonds. The molecule has 0 unspecified atom stereocenters. The van der Waals surface area contributed by atoms with Gasteiger partial charge >= 0.3 is 0 Å². The number of anilines is 2. The fraction of sp³-hybridized carbons (Fsp3) is 0.491. The number of hydrogen-bond acceptors (Lipinski definition) is 5. The Bertz CT molecular complexity index is 2110. The molecule has 65 heavy (non-hydrogen) atoms. The molecule has 0 aliphatic heterocycles. The van der Waals surface area contributed by atoms with Crippen molar-refractivity contribution in [2.45, 2.75) is 125 Å². The van der Waals surface area contributed by atoms with Crippen molar-refractivity contribution in [3.8, 4) is 0 Å². The van der Waals surface area contributed by atoms with Crippen molar-refractivity contribution in [2.24, 2.45) is 14.1 Å². The van der Waals surface area contributed by atoms with Gasteiger partial charge in [0.15, 0.2) is 6.29 Å². The average molecular weight is 891 g/mol. The van der Waals surface area contributed by atoms with E-state index in [1.165, 1.54) is 96.4 Å². The van der Waals surface area contributed by atoms with Crippen LogP contribution in [0, 0.1) is 0 Å². The number of aldehydes is 1. The summed E-state index contributed by atoms with van der Waals surface area (Å²) in [4.78, 5) is 40.2. The number of para-hydroxylation sites is 1. The SMILES string of the molecule is CC.CC.CCCCCCCCCCCCCCCC[N+](C)(C)CCNC(=O)c1cc(NC)cn1C.Cn1cc(NC(=O)c2ccc(/C=C/c3cnc4ccccc4c3)cc2)cc1C=O. The normalized spacial score (nSPS) is 10.9. The zero-order valence-corrected chi connectivity index (χ0v) is 41.8. The van der Waals surface area contributed by atoms with Gasteiger partial charge in [0.05, 0.1) is 56.3 Å². The van der Waals surface area contributed by atoms with Gasteiger partial charge in [-0.1, -0.05) is 154 Å². The van der Waals surface area contributed by atoms with Crippen LogP contribution >= 0.6 is 0 Å². The third kappa shape index (κ3) is 21.4. The van der Waals surface area contributed by atoms with E-state index in [1.54, 1.807) is 36.0 Å². The Morgan fingerprint density at radius 2 is 1.23 bits per heavy atom. The van der Waals surface area contributed by atoms with E-state index in [2.05, 4.69) is 48.0 Å². The zero-order valence-electron chi connectivity index (χ0n) is 41.8. The number of unbranched alkanes of at least 4 members (excludes halogenated alkanes) is 13. The van der Waals surface area contributed by atoms with E-state index in [-0.39, 0.29) is 11.8 Å². The maximum Gasteiger partial charge on any atom is 0.268 e. The molecule has 3 heterocycles. The summed E-state index contributed by atoms with van der Waals surface area (Å²) < 4.78 is 4.50. The van der Waals surface area contributed by atoms with Crippen molar-refractivity contribution in [3.05, 3.63) is 113 Å². The Hall–Kier alpha value is -5.48. The molecule has 2 aromatic carbocycles. The van der Waals surface area contributed by atoms with Gasteiger partial charge in [-0.25, -0.2) is 0 Å². The van der Waals surface area contributed by atoms with E-state index < -0.39 is 0 Å². The van der Waals surface area contributed by atoms with E-state index in [9.17, 15) is 14.4 Å². The summed E-state index contributed by atoms with van der Waals surface area (Å²) in [6.07, 6.45) is 29.8. The molecule has 0 saturated carbocycles. The van der Waals surface area contributed by atoms with Gasteiger partial charge in [0.1, 0.15) is 5.69 Å². The lowest BCUT2D eigenvalue weighted by atomic mass is 10.0. The molecule has 0 spiro atoms. The van der Waals surface area contributed by atoms with Crippen molar-refractivity contribution in [2.75, 3.05) is 51.4 Å². The number of quaternary nitrogens is 1. The quantitative estimate of drug-likeness (QED) is 0.0307. The van der Waals surface area contributed by atoms with Crippen molar-refractivity contribution in [3.63, 3.8) is 0 Å². The van der Waals surface area contributed by atoms with E-state index in [1.807, 2.05) is 113 Å². The predicted molar refractivity (Wildman–Crippen MR) is 278 cm³/mol. The number of carbonyl (C=O) groups excluding carboxylic acids is 3. The summed E-state index contributed by atoms with van der Waals surface area (Å²) in [5, 5.41) is 10.1. The summed E-state index contributed by atoms with van der Waals surface area (Å²) in [7, 11) is 10.1. The van der Waals surface area contributed by atoms with E-state index in [0.717, 1.165) is 45.0 Å². The van der Waals surface area contributed by atoms with Crippen molar-refractivity contribution >= 4 is 52.5 Å². The maximum atomic E-state index is 12.4. The number of aromatic nitrogens is 3. The second-order valence-corrected chi connectivity index (χ2v) is 17.0. The molecule has 0 aliphatic rings. The zero-order chi connectivity index (χ0) is 47.9. The number of carbonyl (C=O) groups is 3. The fourth-order valence-corrected chi connectivity index (χ4v) is 7.42. The highest BCUT2D eigenvalue weighted by molar-refractivity contribution is 6.04. The van der Waals surface area contributed by atoms with Gasteiger partial charge in [-0.05, 0) is 60.4 Å². The van der Waals surface area contributed by atoms with Crippen molar-refractivity contribution in [1.29, 1.82) is 0 Å². The lowest BCUT2D eigenvalue weighted by molar-refractivity contribution is -0.889. The number of nitrogens with zero attached hydrogens (tertiary/aromatic N) is 4. The Kier molecular flexibility index (Phi) is 27.6. The molecule has 5 aromatic rings. The molecule has 3 aromatic heterocycles. The summed E-state index contributed by atoms with van der Waals surface area (Å²) >= 11 is 0. The largest absolute Gasteiger partial charge is 0.387 e. The minimum absolute atomic E-state index is 0.00509. The first kappa shape index (κ1) is 55.7. The van der Waals surface area contributed by atoms with E-state index in [4.69, 9.17) is 0 Å². The van der Waals surface area contributed by atoms with Crippen LogP contribution in [-0.4, -0.2) is 77.5 Å². The highest BCUT2D eigenvalue weighted by Gasteiger charge is 2.17. The van der Waals surface area contributed by atoms with Gasteiger partial charge in [0.25, 0.3) is 11.8 Å². The summed E-state index contributed by atoms with van der Waals surface area (Å²) in [6.45, 7) is 13.1. The fourth-order valence-electron chi connectivity index (χ4n) is 7.42. The molecule has 0 aliphatic carbocycles. The first-order valence-corrected chi connectivity index (χ1v) is 24.5. The molecule has 0 saturated heterocycles. The van der Waals surface area contributed by atoms with Gasteiger partial charge in [-0.3, -0.25) is 19.4 Å². The number of amides is 2. The second-order valence-electron chi connectivity index (χ2n) is 17.0. The molecule has 3 N–H and O–H groups in total. The predicted octanol–water partition coefficient (Wildman–Crippen LogP) is 13.2. The smallest absolute Gasteiger partial charge is 0.268 e. The Labute approximate surface area is 392 Å². The third-order valence-corrected chi connectivity index (χ3v) is 11.3. The van der Waals surface area contributed by atoms with Crippen LogP contribution in [0.3, 0.4) is 0 Å². The molecule has 0 atom stereocenters. The molecular weight excluding hydrogens is 807 g/mol. The lowest BCUT2D eigenvalue weighted by Gasteiger charge is -2.30. The van der Waals surface area contributed by atoms with Crippen LogP contribution in [0.15, 0.2) is 85.3 Å². The molecule has 0 fully saturated rings. The number of aryl methyl sites for hydroxylation is 2. The van der Waals surface area contributed by atoms with Crippen molar-refractivity contribution < 1.29 is 18.9 Å². The van der Waals surface area contributed by atoms with Crippen molar-refractivity contribution in [1.82, 2.24) is 19.4 Å². The van der Waals surface area contributed by atoms with Crippen LogP contribution in [-0.2, 0) is 14.1 Å². The van der Waals surface area contributed by atoms with Crippen LogP contribution in [0.25, 0.3) is 23.1 Å². The van der Waals surface area contributed by atoms with Crippen LogP contribution in [0.4, 0.5) is 11.4 Å². The molecular formula is C55H84N7O3+. The number of likely N-dealkylation sites (N-methyl/N-ethyl adjacent to an activating group) is 1. The van der Waals surface area contributed by atoms with Gasteiger partial charge in [0.2, 0.25) is 0 Å². The monoisotopic (exact) mass is 891 g/mol. The van der Waals surface area contributed by atoms with E-state index in [0.29, 0.717) is 29.2 Å². The summed E-state index contributed by atoms with van der Waals surface area (Å²) in [6, 6.07) is 21.0. The minimum Gasteiger partial charge on any atom is -0.387 e. The van der Waals surface area contributed by atoms with Gasteiger partial charge in [-0.2, -0.15) is 0 Å². The summed E-state index contributed by atoms with van der Waals surface area (Å²) in [5.74, 6) is -0.215. The Balaban J connectivity index is 0.000000416. The van der Waals surface area contributed by atoms with E-state index >= 15 is 0 Å². The van der Waals surface area contributed by atoms with Gasteiger partial charge < -0.3 is 29.6 Å². The number of rotatable bonds is 25. The molecule has 0 bridgehead atoms. The molecule has 356 valence electrons. The Morgan fingerprint density at radius 1 is 0.662 bits per heavy atom. The molecule has 5 rings (SSSR count). The highest BCUT2D eigenvalue weighted by atomic mass is 16.2. The summed E-state index contributed by atoms with van der Waals surface area (Å²) in [5.41, 5.74) is 6.28.